The lowest BCUT2D eigenvalue weighted by Crippen LogP contribution is -2.42. The second kappa shape index (κ2) is 24.8. The lowest BCUT2D eigenvalue weighted by atomic mass is 9.64. The maximum absolute atomic E-state index is 12.5. The van der Waals surface area contributed by atoms with Crippen LogP contribution in [-0.4, -0.2) is 11.1 Å². The summed E-state index contributed by atoms with van der Waals surface area (Å²) in [6.07, 6.45) is 32.8. The quantitative estimate of drug-likeness (QED) is 0.107. The van der Waals surface area contributed by atoms with Crippen LogP contribution in [0, 0.1) is 17.3 Å². The van der Waals surface area contributed by atoms with E-state index in [-0.39, 0.29) is 11.8 Å². The highest BCUT2D eigenvalue weighted by Gasteiger charge is 2.45. The molecule has 0 bridgehead atoms. The highest BCUT2D eigenvalue weighted by atomic mass is 16.4. The van der Waals surface area contributed by atoms with Crippen LogP contribution in [0.1, 0.15) is 195 Å². The number of unbranched alkanes of at least 4 members (excludes halogenated alkanes) is 21. The minimum Gasteiger partial charge on any atom is -0.481 e. The summed E-state index contributed by atoms with van der Waals surface area (Å²) in [5.41, 5.74) is -0.544. The maximum Gasteiger partial charge on any atom is 0.310 e. The first kappa shape index (κ1) is 35.5. The van der Waals surface area contributed by atoms with Gasteiger partial charge in [-0.05, 0) is 24.7 Å². The number of hydrogen-bond donors (Lipinski definition) is 1. The highest BCUT2D eigenvalue weighted by molar-refractivity contribution is 5.75. The van der Waals surface area contributed by atoms with Gasteiger partial charge >= 0.3 is 5.97 Å². The Labute approximate surface area is 228 Å². The Morgan fingerprint density at radius 3 is 1.14 bits per heavy atom. The molecule has 2 nitrogen and oxygen atoms in total. The summed E-state index contributed by atoms with van der Waals surface area (Å²) in [5, 5.41) is 10.3. The average Bonchev–Trinajstić information content (AvgIpc) is 2.85. The van der Waals surface area contributed by atoms with Crippen molar-refractivity contribution in [2.45, 2.75) is 195 Å². The van der Waals surface area contributed by atoms with E-state index in [0.29, 0.717) is 0 Å². The summed E-state index contributed by atoms with van der Waals surface area (Å²) >= 11 is 0. The van der Waals surface area contributed by atoms with Crippen LogP contribution in [0.3, 0.4) is 0 Å². The summed E-state index contributed by atoms with van der Waals surface area (Å²) in [4.78, 5) is 12.5. The van der Waals surface area contributed by atoms with Gasteiger partial charge in [-0.2, -0.15) is 0 Å². The standard InChI is InChI=1S/C34H68O2/c1-6-8-10-12-14-16-18-19-20-21-23-25-27-29-32(5)34(31(3)4,33(35)36)30-28-26-24-22-17-15-13-11-9-7-2/h31-32H,6-30H2,1-5H3,(H,35,36). The van der Waals surface area contributed by atoms with Crippen molar-refractivity contribution in [3.63, 3.8) is 0 Å². The predicted molar refractivity (Wildman–Crippen MR) is 161 cm³/mol. The summed E-state index contributed by atoms with van der Waals surface area (Å²) < 4.78 is 0. The molecule has 0 aromatic carbocycles. The van der Waals surface area contributed by atoms with Crippen LogP contribution in [0.15, 0.2) is 0 Å². The molecule has 216 valence electrons. The Kier molecular flexibility index (Phi) is 24.4. The fourth-order valence-electron chi connectivity index (χ4n) is 6.30. The van der Waals surface area contributed by atoms with E-state index >= 15 is 0 Å². The number of rotatable bonds is 28. The van der Waals surface area contributed by atoms with Gasteiger partial charge in [-0.15, -0.1) is 0 Å². The van der Waals surface area contributed by atoms with Gasteiger partial charge in [0.05, 0.1) is 5.41 Å². The monoisotopic (exact) mass is 509 g/mol. The molecular weight excluding hydrogens is 440 g/mol. The van der Waals surface area contributed by atoms with Gasteiger partial charge in [0.25, 0.3) is 0 Å². The van der Waals surface area contributed by atoms with Crippen molar-refractivity contribution >= 4 is 5.97 Å². The first-order valence-electron chi connectivity index (χ1n) is 16.7. The molecular formula is C34H68O2. The van der Waals surface area contributed by atoms with Crippen molar-refractivity contribution in [3.8, 4) is 0 Å². The molecule has 0 radical (unpaired) electrons. The van der Waals surface area contributed by atoms with Crippen LogP contribution in [0.5, 0.6) is 0 Å². The van der Waals surface area contributed by atoms with Crippen LogP contribution in [-0.2, 0) is 4.79 Å². The molecule has 36 heavy (non-hydrogen) atoms. The van der Waals surface area contributed by atoms with Gasteiger partial charge in [-0.25, -0.2) is 0 Å². The molecule has 0 saturated carbocycles. The molecule has 0 amide bonds. The zero-order valence-electron chi connectivity index (χ0n) is 25.7. The summed E-state index contributed by atoms with van der Waals surface area (Å²) in [6, 6.07) is 0. The Morgan fingerprint density at radius 2 is 0.833 bits per heavy atom. The van der Waals surface area contributed by atoms with E-state index in [9.17, 15) is 9.90 Å². The fourth-order valence-corrected chi connectivity index (χ4v) is 6.30. The van der Waals surface area contributed by atoms with Crippen molar-refractivity contribution in [3.05, 3.63) is 0 Å². The first-order chi connectivity index (χ1) is 17.4. The van der Waals surface area contributed by atoms with Crippen LogP contribution in [0.25, 0.3) is 0 Å². The fraction of sp³-hybridized carbons (Fsp3) is 0.971. The van der Waals surface area contributed by atoms with Crippen LogP contribution < -0.4 is 0 Å². The van der Waals surface area contributed by atoms with Gasteiger partial charge in [0.2, 0.25) is 0 Å². The summed E-state index contributed by atoms with van der Waals surface area (Å²) in [6.45, 7) is 11.1. The van der Waals surface area contributed by atoms with Crippen molar-refractivity contribution in [1.29, 1.82) is 0 Å². The molecule has 0 aliphatic rings. The molecule has 0 aliphatic heterocycles. The SMILES string of the molecule is CCCCCCCCCCCCCCCC(C)C(CCCCCCCCCCCC)(C(=O)O)C(C)C. The maximum atomic E-state index is 12.5. The van der Waals surface area contributed by atoms with Crippen LogP contribution >= 0.6 is 0 Å². The highest BCUT2D eigenvalue weighted by Crippen LogP contribution is 2.43. The van der Waals surface area contributed by atoms with Crippen molar-refractivity contribution < 1.29 is 9.90 Å². The molecule has 0 spiro atoms. The summed E-state index contributed by atoms with van der Waals surface area (Å²) in [5.74, 6) is -0.0811. The second-order valence-electron chi connectivity index (χ2n) is 12.4. The molecule has 0 heterocycles. The third-order valence-electron chi connectivity index (χ3n) is 8.99. The number of carboxylic acid groups (broad SMARTS) is 1. The molecule has 2 unspecified atom stereocenters. The minimum atomic E-state index is -0.546. The van der Waals surface area contributed by atoms with E-state index in [0.717, 1.165) is 19.3 Å². The topological polar surface area (TPSA) is 37.3 Å². The van der Waals surface area contributed by atoms with Crippen LogP contribution in [0.4, 0.5) is 0 Å². The van der Waals surface area contributed by atoms with E-state index in [1.165, 1.54) is 141 Å². The first-order valence-corrected chi connectivity index (χ1v) is 16.7. The van der Waals surface area contributed by atoms with E-state index in [4.69, 9.17) is 0 Å². The molecule has 2 atom stereocenters. The lowest BCUT2D eigenvalue weighted by Gasteiger charge is -2.39. The van der Waals surface area contributed by atoms with Crippen molar-refractivity contribution in [2.75, 3.05) is 0 Å². The molecule has 0 saturated heterocycles. The zero-order chi connectivity index (χ0) is 26.9. The van der Waals surface area contributed by atoms with Gasteiger partial charge < -0.3 is 5.11 Å². The van der Waals surface area contributed by atoms with E-state index in [2.05, 4.69) is 34.6 Å². The van der Waals surface area contributed by atoms with Gasteiger partial charge in [0, 0.05) is 0 Å². The Morgan fingerprint density at radius 1 is 0.528 bits per heavy atom. The smallest absolute Gasteiger partial charge is 0.310 e. The van der Waals surface area contributed by atoms with Crippen LogP contribution in [0.2, 0.25) is 0 Å². The number of carbonyl (C=O) groups is 1. The Hall–Kier alpha value is -0.530. The number of carboxylic acids is 1. The van der Waals surface area contributed by atoms with E-state index in [1.807, 2.05) is 0 Å². The molecule has 0 rings (SSSR count). The lowest BCUT2D eigenvalue weighted by molar-refractivity contribution is -0.157. The van der Waals surface area contributed by atoms with E-state index in [1.54, 1.807) is 0 Å². The second-order valence-corrected chi connectivity index (χ2v) is 12.4. The largest absolute Gasteiger partial charge is 0.481 e. The van der Waals surface area contributed by atoms with Crippen molar-refractivity contribution in [1.82, 2.24) is 0 Å². The summed E-state index contributed by atoms with van der Waals surface area (Å²) in [7, 11) is 0. The average molecular weight is 509 g/mol. The normalized spacial score (nSPS) is 14.3. The molecule has 1 N–H and O–H groups in total. The predicted octanol–water partition coefficient (Wildman–Crippen LogP) is 12.1. The number of hydrogen-bond acceptors (Lipinski definition) is 1. The molecule has 0 aliphatic carbocycles. The Balaban J connectivity index is 4.06. The molecule has 2 heteroatoms. The van der Waals surface area contributed by atoms with Gasteiger partial charge in [0.1, 0.15) is 0 Å². The third kappa shape index (κ3) is 17.1. The van der Waals surface area contributed by atoms with Crippen molar-refractivity contribution in [2.24, 2.45) is 17.3 Å². The Bertz CT molecular complexity index is 472. The third-order valence-corrected chi connectivity index (χ3v) is 8.99. The zero-order valence-corrected chi connectivity index (χ0v) is 25.7. The number of aliphatic carboxylic acids is 1. The van der Waals surface area contributed by atoms with E-state index < -0.39 is 11.4 Å². The van der Waals surface area contributed by atoms with Gasteiger partial charge in [-0.1, -0.05) is 182 Å². The molecule has 0 aromatic heterocycles. The molecule has 0 fully saturated rings. The molecule has 0 aromatic rings. The van der Waals surface area contributed by atoms with Gasteiger partial charge in [-0.3, -0.25) is 4.79 Å². The van der Waals surface area contributed by atoms with Gasteiger partial charge in [0.15, 0.2) is 0 Å². The minimum absolute atomic E-state index is 0.200.